The highest BCUT2D eigenvalue weighted by molar-refractivity contribution is 6.08. The zero-order chi connectivity index (χ0) is 16.0. The third-order valence-corrected chi connectivity index (χ3v) is 4.69. The molecule has 2 aromatic carbocycles. The maximum Gasteiger partial charge on any atom is 0.339 e. The summed E-state index contributed by atoms with van der Waals surface area (Å²) in [6, 6.07) is 10.2. The molecule has 2 aliphatic rings. The van der Waals surface area contributed by atoms with E-state index in [0.717, 1.165) is 30.6 Å². The van der Waals surface area contributed by atoms with Crippen molar-refractivity contribution in [3.8, 4) is 0 Å². The molecule has 1 fully saturated rings. The van der Waals surface area contributed by atoms with Crippen LogP contribution < -0.4 is 0 Å². The molecule has 120 valence electrons. The van der Waals surface area contributed by atoms with Crippen LogP contribution in [0.25, 0.3) is 10.8 Å². The standard InChI is InChI=1S/C19H21NO3/c1-12-8-20(9-13(2)23-12)10-14-6-7-15-11-22-19(21)17-5-3-4-16(14)18(15)17/h3-7,12-13H,8-11H2,1-2H3/t12-,13+. The number of hydrogen-bond donors (Lipinski definition) is 0. The molecule has 0 aromatic heterocycles. The van der Waals surface area contributed by atoms with Crippen LogP contribution in [0.4, 0.5) is 0 Å². The van der Waals surface area contributed by atoms with E-state index in [2.05, 4.69) is 36.9 Å². The maximum atomic E-state index is 12.0. The lowest BCUT2D eigenvalue weighted by Crippen LogP contribution is -2.44. The quantitative estimate of drug-likeness (QED) is 0.799. The van der Waals surface area contributed by atoms with E-state index in [1.807, 2.05) is 12.1 Å². The third kappa shape index (κ3) is 2.62. The Morgan fingerprint density at radius 2 is 1.91 bits per heavy atom. The van der Waals surface area contributed by atoms with Gasteiger partial charge in [0.05, 0.1) is 17.8 Å². The smallest absolute Gasteiger partial charge is 0.339 e. The molecule has 4 rings (SSSR count). The Balaban J connectivity index is 1.73. The Morgan fingerprint density at radius 3 is 2.70 bits per heavy atom. The van der Waals surface area contributed by atoms with Crippen LogP contribution in [0, 0.1) is 0 Å². The molecule has 0 N–H and O–H groups in total. The number of esters is 1. The second-order valence-electron chi connectivity index (χ2n) is 6.64. The zero-order valence-electron chi connectivity index (χ0n) is 13.5. The Kier molecular flexibility index (Phi) is 3.58. The fraction of sp³-hybridized carbons (Fsp3) is 0.421. The van der Waals surface area contributed by atoms with E-state index < -0.39 is 0 Å². The van der Waals surface area contributed by atoms with Gasteiger partial charge < -0.3 is 9.47 Å². The van der Waals surface area contributed by atoms with E-state index in [4.69, 9.17) is 9.47 Å². The highest BCUT2D eigenvalue weighted by atomic mass is 16.5. The Bertz CT molecular complexity index is 761. The van der Waals surface area contributed by atoms with Crippen molar-refractivity contribution >= 4 is 16.7 Å². The van der Waals surface area contributed by atoms with Gasteiger partial charge in [0.15, 0.2) is 0 Å². The first-order valence-corrected chi connectivity index (χ1v) is 8.20. The lowest BCUT2D eigenvalue weighted by Gasteiger charge is -2.35. The molecule has 0 amide bonds. The van der Waals surface area contributed by atoms with Crippen LogP contribution in [0.5, 0.6) is 0 Å². The van der Waals surface area contributed by atoms with Gasteiger partial charge in [-0.2, -0.15) is 0 Å². The van der Waals surface area contributed by atoms with Gasteiger partial charge in [0.25, 0.3) is 0 Å². The number of rotatable bonds is 2. The molecule has 0 radical (unpaired) electrons. The minimum atomic E-state index is -0.214. The van der Waals surface area contributed by atoms with Crippen molar-refractivity contribution in [2.45, 2.75) is 39.2 Å². The first kappa shape index (κ1) is 14.7. The van der Waals surface area contributed by atoms with E-state index in [1.54, 1.807) is 0 Å². The molecule has 1 saturated heterocycles. The lowest BCUT2D eigenvalue weighted by molar-refractivity contribution is -0.0703. The van der Waals surface area contributed by atoms with E-state index in [9.17, 15) is 4.79 Å². The number of hydrogen-bond acceptors (Lipinski definition) is 4. The molecule has 0 spiro atoms. The average molecular weight is 311 g/mol. The Labute approximate surface area is 136 Å². The van der Waals surface area contributed by atoms with Gasteiger partial charge in [-0.05, 0) is 36.4 Å². The van der Waals surface area contributed by atoms with Crippen molar-refractivity contribution in [2.75, 3.05) is 13.1 Å². The molecule has 0 unspecified atom stereocenters. The number of morpholine rings is 1. The number of carbonyl (C=O) groups is 1. The molecule has 4 heteroatoms. The van der Waals surface area contributed by atoms with Gasteiger partial charge in [0.1, 0.15) is 6.61 Å². The molecule has 0 saturated carbocycles. The number of cyclic esters (lactones) is 1. The van der Waals surface area contributed by atoms with Crippen LogP contribution in [0.15, 0.2) is 30.3 Å². The highest BCUT2D eigenvalue weighted by Crippen LogP contribution is 2.31. The monoisotopic (exact) mass is 311 g/mol. The van der Waals surface area contributed by atoms with Crippen molar-refractivity contribution < 1.29 is 14.3 Å². The fourth-order valence-corrected chi connectivity index (χ4v) is 3.84. The van der Waals surface area contributed by atoms with Crippen molar-refractivity contribution in [2.24, 2.45) is 0 Å². The highest BCUT2D eigenvalue weighted by Gasteiger charge is 2.25. The van der Waals surface area contributed by atoms with Gasteiger partial charge in [-0.25, -0.2) is 4.79 Å². The zero-order valence-corrected chi connectivity index (χ0v) is 13.5. The van der Waals surface area contributed by atoms with Crippen LogP contribution >= 0.6 is 0 Å². The Morgan fingerprint density at radius 1 is 1.13 bits per heavy atom. The second kappa shape index (κ2) is 5.62. The molecule has 4 nitrogen and oxygen atoms in total. The summed E-state index contributed by atoms with van der Waals surface area (Å²) in [5, 5.41) is 2.24. The number of carbonyl (C=O) groups excluding carboxylic acids is 1. The minimum absolute atomic E-state index is 0.214. The molecule has 0 aliphatic carbocycles. The summed E-state index contributed by atoms with van der Waals surface area (Å²) in [6.45, 7) is 7.38. The average Bonchev–Trinajstić information content (AvgIpc) is 2.52. The summed E-state index contributed by atoms with van der Waals surface area (Å²) in [7, 11) is 0. The van der Waals surface area contributed by atoms with E-state index >= 15 is 0 Å². The SMILES string of the molecule is C[C@@H]1CN(Cc2ccc3c4c(cccc24)C(=O)OC3)C[C@H](C)O1. The van der Waals surface area contributed by atoms with E-state index in [-0.39, 0.29) is 18.2 Å². The van der Waals surface area contributed by atoms with Crippen LogP contribution in [-0.4, -0.2) is 36.2 Å². The molecule has 2 aliphatic heterocycles. The summed E-state index contributed by atoms with van der Waals surface area (Å²) in [5.74, 6) is -0.214. The van der Waals surface area contributed by atoms with Crippen molar-refractivity contribution in [3.63, 3.8) is 0 Å². The largest absolute Gasteiger partial charge is 0.457 e. The van der Waals surface area contributed by atoms with Crippen LogP contribution in [0.3, 0.4) is 0 Å². The number of nitrogens with zero attached hydrogens (tertiary/aromatic N) is 1. The normalized spacial score (nSPS) is 24.7. The van der Waals surface area contributed by atoms with E-state index in [0.29, 0.717) is 12.2 Å². The predicted molar refractivity (Wildman–Crippen MR) is 88.4 cm³/mol. The summed E-state index contributed by atoms with van der Waals surface area (Å²) in [4.78, 5) is 14.4. The molecule has 2 aromatic rings. The first-order valence-electron chi connectivity index (χ1n) is 8.20. The van der Waals surface area contributed by atoms with E-state index in [1.165, 1.54) is 10.9 Å². The van der Waals surface area contributed by atoms with Gasteiger partial charge in [-0.1, -0.05) is 24.3 Å². The lowest BCUT2D eigenvalue weighted by atomic mass is 9.94. The van der Waals surface area contributed by atoms with Crippen LogP contribution in [0.1, 0.15) is 35.3 Å². The van der Waals surface area contributed by atoms with Crippen molar-refractivity contribution in [1.29, 1.82) is 0 Å². The first-order chi connectivity index (χ1) is 11.1. The summed E-state index contributed by atoms with van der Waals surface area (Å²) in [6.07, 6.45) is 0.516. The van der Waals surface area contributed by atoms with Crippen LogP contribution in [0.2, 0.25) is 0 Å². The predicted octanol–water partition coefficient (Wildman–Crippen LogP) is 3.12. The summed E-state index contributed by atoms with van der Waals surface area (Å²) < 4.78 is 11.1. The van der Waals surface area contributed by atoms with Crippen LogP contribution in [-0.2, 0) is 22.6 Å². The number of benzene rings is 2. The maximum absolute atomic E-state index is 12.0. The van der Waals surface area contributed by atoms with Gasteiger partial charge >= 0.3 is 5.97 Å². The van der Waals surface area contributed by atoms with Gasteiger partial charge in [-0.15, -0.1) is 0 Å². The molecular weight excluding hydrogens is 290 g/mol. The molecule has 2 atom stereocenters. The minimum Gasteiger partial charge on any atom is -0.457 e. The molecule has 2 heterocycles. The number of ether oxygens (including phenoxy) is 2. The second-order valence-corrected chi connectivity index (χ2v) is 6.64. The van der Waals surface area contributed by atoms with Gasteiger partial charge in [-0.3, -0.25) is 4.90 Å². The molecular formula is C19H21NO3. The topological polar surface area (TPSA) is 38.8 Å². The van der Waals surface area contributed by atoms with Crippen molar-refractivity contribution in [1.82, 2.24) is 4.90 Å². The van der Waals surface area contributed by atoms with Gasteiger partial charge in [0.2, 0.25) is 0 Å². The summed E-state index contributed by atoms with van der Waals surface area (Å²) in [5.41, 5.74) is 3.05. The third-order valence-electron chi connectivity index (χ3n) is 4.69. The summed E-state index contributed by atoms with van der Waals surface area (Å²) >= 11 is 0. The van der Waals surface area contributed by atoms with Crippen molar-refractivity contribution in [3.05, 3.63) is 47.0 Å². The van der Waals surface area contributed by atoms with Gasteiger partial charge in [0, 0.05) is 25.0 Å². The Hall–Kier alpha value is -1.91. The fourth-order valence-electron chi connectivity index (χ4n) is 3.84. The molecule has 23 heavy (non-hydrogen) atoms. The molecule has 0 bridgehead atoms.